The van der Waals surface area contributed by atoms with E-state index in [-0.39, 0.29) is 11.9 Å². The molecule has 2 fully saturated rings. The lowest BCUT2D eigenvalue weighted by Gasteiger charge is -2.36. The van der Waals surface area contributed by atoms with Crippen molar-refractivity contribution in [1.82, 2.24) is 20.1 Å². The first-order valence-corrected chi connectivity index (χ1v) is 9.72. The van der Waals surface area contributed by atoms with Crippen molar-refractivity contribution in [2.24, 2.45) is 0 Å². The second kappa shape index (κ2) is 7.59. The molecule has 0 bridgehead atoms. The third-order valence-corrected chi connectivity index (χ3v) is 5.66. The van der Waals surface area contributed by atoms with Gasteiger partial charge in [0.2, 0.25) is 0 Å². The molecular formula is C21H25N5O2. The highest BCUT2D eigenvalue weighted by Crippen LogP contribution is 2.32. The van der Waals surface area contributed by atoms with Gasteiger partial charge in [0, 0.05) is 32.4 Å². The van der Waals surface area contributed by atoms with E-state index in [1.54, 1.807) is 6.20 Å². The van der Waals surface area contributed by atoms with Gasteiger partial charge in [0.1, 0.15) is 11.4 Å². The molecule has 3 amide bonds. The number of hydrogen-bond acceptors (Lipinski definition) is 5. The second-order valence-electron chi connectivity index (χ2n) is 7.22. The number of nitrogens with one attached hydrogen (secondary N) is 1. The summed E-state index contributed by atoms with van der Waals surface area (Å²) in [5.41, 5.74) is -0.132. The maximum absolute atomic E-state index is 13.2. The summed E-state index contributed by atoms with van der Waals surface area (Å²) in [7, 11) is 0. The molecule has 28 heavy (non-hydrogen) atoms. The van der Waals surface area contributed by atoms with Gasteiger partial charge in [-0.25, -0.2) is 14.7 Å². The molecule has 1 aromatic carbocycles. The number of amides is 3. The van der Waals surface area contributed by atoms with Gasteiger partial charge in [-0.15, -0.1) is 0 Å². The maximum atomic E-state index is 13.2. The summed E-state index contributed by atoms with van der Waals surface area (Å²) in [5, 5.41) is 2.95. The Hall–Kier alpha value is -2.93. The lowest BCUT2D eigenvalue weighted by molar-refractivity contribution is -0.133. The van der Waals surface area contributed by atoms with Crippen LogP contribution < -0.4 is 10.2 Å². The normalized spacial score (nSPS) is 23.2. The van der Waals surface area contributed by atoms with E-state index in [1.165, 1.54) is 4.90 Å². The van der Waals surface area contributed by atoms with Crippen molar-refractivity contribution >= 4 is 17.8 Å². The third-order valence-electron chi connectivity index (χ3n) is 5.66. The van der Waals surface area contributed by atoms with Crippen molar-refractivity contribution in [3.63, 3.8) is 0 Å². The van der Waals surface area contributed by atoms with Crippen LogP contribution in [0.5, 0.6) is 0 Å². The van der Waals surface area contributed by atoms with Crippen LogP contribution in [0.3, 0.4) is 0 Å². The zero-order chi connectivity index (χ0) is 19.6. The van der Waals surface area contributed by atoms with Crippen molar-refractivity contribution in [1.29, 1.82) is 0 Å². The second-order valence-corrected chi connectivity index (χ2v) is 7.22. The molecule has 0 spiro atoms. The van der Waals surface area contributed by atoms with E-state index in [1.807, 2.05) is 55.5 Å². The zero-order valence-electron chi connectivity index (χ0n) is 16.0. The standard InChI is InChI=1S/C21H25N5O2/c1-2-21(17-8-4-3-5-9-17)19(27)26(20(28)23-21)16-24-12-14-25(15-13-24)18-10-6-7-11-22-18/h3-11H,2,12-16H2,1H3,(H,23,28)/t21-/m1/s1. The van der Waals surface area contributed by atoms with E-state index in [9.17, 15) is 9.59 Å². The highest BCUT2D eigenvalue weighted by Gasteiger charge is 2.51. The number of carbonyl (C=O) groups is 2. The fourth-order valence-corrected chi connectivity index (χ4v) is 3.98. The predicted octanol–water partition coefficient (Wildman–Crippen LogP) is 2.02. The smallest absolute Gasteiger partial charge is 0.326 e. The number of carbonyl (C=O) groups excluding carboxylic acids is 2. The largest absolute Gasteiger partial charge is 0.354 e. The SMILES string of the molecule is CC[C@]1(c2ccccc2)NC(=O)N(CN2CCN(c3ccccn3)CC2)C1=O. The summed E-state index contributed by atoms with van der Waals surface area (Å²) < 4.78 is 0. The number of benzene rings is 1. The molecule has 0 saturated carbocycles. The van der Waals surface area contributed by atoms with Crippen LogP contribution in [0.15, 0.2) is 54.7 Å². The lowest BCUT2D eigenvalue weighted by Crippen LogP contribution is -2.52. The molecule has 4 rings (SSSR count). The number of urea groups is 1. The van der Waals surface area contributed by atoms with E-state index in [2.05, 4.69) is 20.1 Å². The van der Waals surface area contributed by atoms with E-state index in [0.29, 0.717) is 13.1 Å². The van der Waals surface area contributed by atoms with Gasteiger partial charge in [-0.1, -0.05) is 43.3 Å². The summed E-state index contributed by atoms with van der Waals surface area (Å²) >= 11 is 0. The maximum Gasteiger partial charge on any atom is 0.326 e. The molecule has 2 saturated heterocycles. The summed E-state index contributed by atoms with van der Waals surface area (Å²) in [5.74, 6) is 0.796. The van der Waals surface area contributed by atoms with Crippen LogP contribution in [0.25, 0.3) is 0 Å². The van der Waals surface area contributed by atoms with Crippen molar-refractivity contribution < 1.29 is 9.59 Å². The fraction of sp³-hybridized carbons (Fsp3) is 0.381. The Bertz CT molecular complexity index is 836. The number of piperazine rings is 1. The topological polar surface area (TPSA) is 68.8 Å². The highest BCUT2D eigenvalue weighted by molar-refractivity contribution is 6.07. The van der Waals surface area contributed by atoms with Crippen LogP contribution >= 0.6 is 0 Å². The molecule has 3 heterocycles. The number of rotatable bonds is 5. The molecule has 2 aromatic rings. The highest BCUT2D eigenvalue weighted by atomic mass is 16.2. The van der Waals surface area contributed by atoms with Gasteiger partial charge in [-0.05, 0) is 24.1 Å². The first-order valence-electron chi connectivity index (χ1n) is 9.72. The molecular weight excluding hydrogens is 354 g/mol. The van der Waals surface area contributed by atoms with Crippen molar-refractivity contribution in [2.75, 3.05) is 37.7 Å². The number of anilines is 1. The molecule has 1 aromatic heterocycles. The summed E-state index contributed by atoms with van der Waals surface area (Å²) in [6.45, 7) is 5.43. The minimum Gasteiger partial charge on any atom is -0.354 e. The van der Waals surface area contributed by atoms with Crippen molar-refractivity contribution in [3.05, 3.63) is 60.3 Å². The molecule has 0 radical (unpaired) electrons. The molecule has 1 atom stereocenters. The first kappa shape index (κ1) is 18.4. The van der Waals surface area contributed by atoms with E-state index in [0.717, 1.165) is 37.6 Å². The van der Waals surface area contributed by atoms with Crippen LogP contribution in [-0.4, -0.2) is 59.6 Å². The number of pyridine rings is 1. The van der Waals surface area contributed by atoms with Gasteiger partial charge in [0.25, 0.3) is 5.91 Å². The van der Waals surface area contributed by atoms with Crippen LogP contribution in [-0.2, 0) is 10.3 Å². The first-order chi connectivity index (χ1) is 13.6. The third kappa shape index (κ3) is 3.22. The van der Waals surface area contributed by atoms with Crippen LogP contribution in [0.2, 0.25) is 0 Å². The van der Waals surface area contributed by atoms with E-state index < -0.39 is 5.54 Å². The minimum absolute atomic E-state index is 0.168. The predicted molar refractivity (Wildman–Crippen MR) is 107 cm³/mol. The van der Waals surface area contributed by atoms with E-state index >= 15 is 0 Å². The van der Waals surface area contributed by atoms with Crippen molar-refractivity contribution in [2.45, 2.75) is 18.9 Å². The number of nitrogens with zero attached hydrogens (tertiary/aromatic N) is 4. The Kier molecular flexibility index (Phi) is 5.00. The minimum atomic E-state index is -0.964. The van der Waals surface area contributed by atoms with Gasteiger partial charge >= 0.3 is 6.03 Å². The molecule has 0 unspecified atom stereocenters. The monoisotopic (exact) mass is 379 g/mol. The Balaban J connectivity index is 1.43. The van der Waals surface area contributed by atoms with Crippen LogP contribution in [0.4, 0.5) is 10.6 Å². The summed E-state index contributed by atoms with van der Waals surface area (Å²) in [6, 6.07) is 15.1. The van der Waals surface area contributed by atoms with Crippen LogP contribution in [0, 0.1) is 0 Å². The molecule has 0 aliphatic carbocycles. The molecule has 7 heteroatoms. The van der Waals surface area contributed by atoms with Gasteiger partial charge in [-0.2, -0.15) is 0 Å². The summed E-state index contributed by atoms with van der Waals surface area (Å²) in [4.78, 5) is 36.0. The van der Waals surface area contributed by atoms with E-state index in [4.69, 9.17) is 0 Å². The molecule has 2 aliphatic rings. The molecule has 1 N–H and O–H groups in total. The fourth-order valence-electron chi connectivity index (χ4n) is 3.98. The van der Waals surface area contributed by atoms with Crippen molar-refractivity contribution in [3.8, 4) is 0 Å². The lowest BCUT2D eigenvalue weighted by atomic mass is 9.87. The van der Waals surface area contributed by atoms with Crippen LogP contribution in [0.1, 0.15) is 18.9 Å². The zero-order valence-corrected chi connectivity index (χ0v) is 16.0. The Labute approximate surface area is 164 Å². The van der Waals surface area contributed by atoms with Gasteiger partial charge in [0.05, 0.1) is 6.67 Å². The molecule has 146 valence electrons. The average Bonchev–Trinajstić information content (AvgIpc) is 3.00. The van der Waals surface area contributed by atoms with Gasteiger partial charge < -0.3 is 10.2 Å². The number of imide groups is 1. The average molecular weight is 379 g/mol. The Morgan fingerprint density at radius 1 is 1.00 bits per heavy atom. The van der Waals surface area contributed by atoms with Gasteiger partial charge in [-0.3, -0.25) is 9.69 Å². The number of aromatic nitrogens is 1. The molecule has 7 nitrogen and oxygen atoms in total. The number of hydrogen-bond donors (Lipinski definition) is 1. The Morgan fingerprint density at radius 3 is 2.36 bits per heavy atom. The molecule has 2 aliphatic heterocycles. The Morgan fingerprint density at radius 2 is 1.71 bits per heavy atom. The summed E-state index contributed by atoms with van der Waals surface area (Å²) in [6.07, 6.45) is 2.31. The quantitative estimate of drug-likeness (QED) is 0.805. The van der Waals surface area contributed by atoms with Gasteiger partial charge in [0.15, 0.2) is 0 Å².